The summed E-state index contributed by atoms with van der Waals surface area (Å²) in [5, 5.41) is 4.64. The van der Waals surface area contributed by atoms with Gasteiger partial charge in [-0.1, -0.05) is 0 Å². The molecule has 1 heterocycles. The van der Waals surface area contributed by atoms with Crippen LogP contribution in [0.5, 0.6) is 0 Å². The van der Waals surface area contributed by atoms with Gasteiger partial charge in [-0.15, -0.1) is 0 Å². The van der Waals surface area contributed by atoms with Gasteiger partial charge in [0.2, 0.25) is 0 Å². The number of hydrogen-bond donors (Lipinski definition) is 0. The van der Waals surface area contributed by atoms with Crippen LogP contribution in [0.4, 0.5) is 0 Å². The summed E-state index contributed by atoms with van der Waals surface area (Å²) in [5.41, 5.74) is 1.80. The molecule has 1 saturated carbocycles. The molecular weight excluding hydrogens is 200 g/mol. The molecular formula is C9H14N2O2S. The van der Waals surface area contributed by atoms with Gasteiger partial charge in [0, 0.05) is 24.8 Å². The second-order valence-corrected chi connectivity index (χ2v) is 5.92. The molecule has 0 amide bonds. The first-order chi connectivity index (χ1) is 6.41. The Labute approximate surface area is 83.8 Å². The van der Waals surface area contributed by atoms with Gasteiger partial charge in [-0.25, -0.2) is 8.42 Å². The maximum atomic E-state index is 11.5. The van der Waals surface area contributed by atoms with Crippen molar-refractivity contribution in [3.05, 3.63) is 11.3 Å². The molecule has 0 bridgehead atoms. The van der Waals surface area contributed by atoms with Crippen molar-refractivity contribution in [3.8, 4) is 0 Å². The molecule has 0 aromatic carbocycles. The maximum absolute atomic E-state index is 11.5. The Kier molecular flexibility index (Phi) is 1.96. The van der Waals surface area contributed by atoms with Crippen molar-refractivity contribution >= 4 is 9.84 Å². The summed E-state index contributed by atoms with van der Waals surface area (Å²) < 4.78 is 24.4. The highest BCUT2D eigenvalue weighted by Gasteiger charge is 2.31. The van der Waals surface area contributed by atoms with Gasteiger partial charge < -0.3 is 0 Å². The fourth-order valence-electron chi connectivity index (χ4n) is 1.90. The quantitative estimate of drug-likeness (QED) is 0.738. The van der Waals surface area contributed by atoms with E-state index in [1.807, 2.05) is 6.92 Å². The number of sulfone groups is 1. The Morgan fingerprint density at radius 3 is 2.36 bits per heavy atom. The second-order valence-electron chi connectivity index (χ2n) is 3.99. The van der Waals surface area contributed by atoms with Gasteiger partial charge >= 0.3 is 0 Å². The molecule has 0 saturated heterocycles. The zero-order valence-corrected chi connectivity index (χ0v) is 9.43. The van der Waals surface area contributed by atoms with Crippen molar-refractivity contribution in [2.45, 2.75) is 30.7 Å². The van der Waals surface area contributed by atoms with E-state index in [0.717, 1.165) is 24.1 Å². The van der Waals surface area contributed by atoms with E-state index in [4.69, 9.17) is 0 Å². The van der Waals surface area contributed by atoms with Crippen molar-refractivity contribution in [2.75, 3.05) is 6.26 Å². The van der Waals surface area contributed by atoms with E-state index in [0.29, 0.717) is 10.9 Å². The highest BCUT2D eigenvalue weighted by atomic mass is 32.2. The molecule has 0 radical (unpaired) electrons. The van der Waals surface area contributed by atoms with Gasteiger partial charge in [0.05, 0.1) is 5.69 Å². The Bertz CT molecular complexity index is 469. The van der Waals surface area contributed by atoms with Crippen LogP contribution in [0.2, 0.25) is 0 Å². The lowest BCUT2D eigenvalue weighted by atomic mass is 10.2. The van der Waals surface area contributed by atoms with Crippen LogP contribution in [0, 0.1) is 6.92 Å². The van der Waals surface area contributed by atoms with E-state index in [1.165, 1.54) is 10.9 Å². The SMILES string of the molecule is Cc1c(C2CC2)nn(C)c1S(C)(=O)=O. The van der Waals surface area contributed by atoms with E-state index in [1.54, 1.807) is 7.05 Å². The van der Waals surface area contributed by atoms with Crippen LogP contribution in [0.15, 0.2) is 5.03 Å². The molecule has 4 nitrogen and oxygen atoms in total. The predicted molar refractivity (Wildman–Crippen MR) is 53.0 cm³/mol. The minimum absolute atomic E-state index is 0.361. The van der Waals surface area contributed by atoms with Crippen molar-refractivity contribution in [1.29, 1.82) is 0 Å². The zero-order chi connectivity index (χ0) is 10.5. The van der Waals surface area contributed by atoms with Gasteiger partial charge in [-0.2, -0.15) is 5.10 Å². The molecule has 0 spiro atoms. The number of aryl methyl sites for hydroxylation is 1. The van der Waals surface area contributed by atoms with Crippen LogP contribution in [0.3, 0.4) is 0 Å². The third-order valence-electron chi connectivity index (χ3n) is 2.57. The van der Waals surface area contributed by atoms with E-state index in [-0.39, 0.29) is 0 Å². The fraction of sp³-hybridized carbons (Fsp3) is 0.667. The molecule has 2 rings (SSSR count). The molecule has 5 heteroatoms. The summed E-state index contributed by atoms with van der Waals surface area (Å²) in [6.07, 6.45) is 3.51. The summed E-state index contributed by atoms with van der Waals surface area (Å²) in [6.45, 7) is 1.84. The first kappa shape index (κ1) is 9.71. The summed E-state index contributed by atoms with van der Waals surface area (Å²) in [6, 6.07) is 0. The molecule has 0 unspecified atom stereocenters. The molecule has 14 heavy (non-hydrogen) atoms. The first-order valence-electron chi connectivity index (χ1n) is 4.65. The number of nitrogens with zero attached hydrogens (tertiary/aromatic N) is 2. The van der Waals surface area contributed by atoms with Gasteiger partial charge in [0.25, 0.3) is 0 Å². The Morgan fingerprint density at radius 2 is 2.00 bits per heavy atom. The lowest BCUT2D eigenvalue weighted by molar-refractivity contribution is 0.581. The number of aromatic nitrogens is 2. The molecule has 1 fully saturated rings. The van der Waals surface area contributed by atoms with Gasteiger partial charge in [-0.3, -0.25) is 4.68 Å². The van der Waals surface area contributed by atoms with E-state index in [2.05, 4.69) is 5.10 Å². The van der Waals surface area contributed by atoms with Crippen LogP contribution in [0.25, 0.3) is 0 Å². The van der Waals surface area contributed by atoms with E-state index < -0.39 is 9.84 Å². The van der Waals surface area contributed by atoms with E-state index in [9.17, 15) is 8.42 Å². The second kappa shape index (κ2) is 2.82. The van der Waals surface area contributed by atoms with Gasteiger partial charge in [0.1, 0.15) is 0 Å². The molecule has 0 atom stereocenters. The minimum atomic E-state index is -3.15. The topological polar surface area (TPSA) is 52.0 Å². The number of rotatable bonds is 2. The average Bonchev–Trinajstić information content (AvgIpc) is 2.76. The normalized spacial score (nSPS) is 17.4. The summed E-state index contributed by atoms with van der Waals surface area (Å²) in [5.74, 6) is 0.497. The molecule has 0 aliphatic heterocycles. The summed E-state index contributed by atoms with van der Waals surface area (Å²) in [7, 11) is -1.46. The Balaban J connectivity index is 2.60. The highest BCUT2D eigenvalue weighted by Crippen LogP contribution is 2.41. The van der Waals surface area contributed by atoms with Crippen LogP contribution >= 0.6 is 0 Å². The van der Waals surface area contributed by atoms with Crippen LogP contribution in [0.1, 0.15) is 30.0 Å². The molecule has 1 aromatic heterocycles. The van der Waals surface area contributed by atoms with Crippen molar-refractivity contribution in [3.63, 3.8) is 0 Å². The summed E-state index contributed by atoms with van der Waals surface area (Å²) >= 11 is 0. The fourth-order valence-corrected chi connectivity index (χ4v) is 3.08. The lowest BCUT2D eigenvalue weighted by Crippen LogP contribution is -2.06. The molecule has 1 aromatic rings. The largest absolute Gasteiger partial charge is 0.257 e. The third-order valence-corrected chi connectivity index (χ3v) is 3.84. The first-order valence-corrected chi connectivity index (χ1v) is 6.54. The molecule has 0 N–H and O–H groups in total. The highest BCUT2D eigenvalue weighted by molar-refractivity contribution is 7.90. The minimum Gasteiger partial charge on any atom is -0.257 e. The van der Waals surface area contributed by atoms with E-state index >= 15 is 0 Å². The predicted octanol–water partition coefficient (Wildman–Crippen LogP) is 1.01. The Morgan fingerprint density at radius 1 is 1.43 bits per heavy atom. The monoisotopic (exact) mass is 214 g/mol. The van der Waals surface area contributed by atoms with Crippen LogP contribution in [-0.4, -0.2) is 24.5 Å². The third kappa shape index (κ3) is 1.45. The molecule has 1 aliphatic rings. The smallest absolute Gasteiger partial charge is 0.192 e. The Hall–Kier alpha value is -0.840. The average molecular weight is 214 g/mol. The van der Waals surface area contributed by atoms with Crippen LogP contribution < -0.4 is 0 Å². The van der Waals surface area contributed by atoms with Crippen molar-refractivity contribution < 1.29 is 8.42 Å². The van der Waals surface area contributed by atoms with Crippen molar-refractivity contribution in [1.82, 2.24) is 9.78 Å². The molecule has 1 aliphatic carbocycles. The standard InChI is InChI=1S/C9H14N2O2S/c1-6-8(7-4-5-7)10-11(2)9(6)14(3,12)13/h7H,4-5H2,1-3H3. The maximum Gasteiger partial charge on any atom is 0.192 e. The van der Waals surface area contributed by atoms with Gasteiger partial charge in [0.15, 0.2) is 14.9 Å². The van der Waals surface area contributed by atoms with Crippen molar-refractivity contribution in [2.24, 2.45) is 7.05 Å². The van der Waals surface area contributed by atoms with Crippen LogP contribution in [-0.2, 0) is 16.9 Å². The zero-order valence-electron chi connectivity index (χ0n) is 8.61. The molecule has 78 valence electrons. The number of hydrogen-bond acceptors (Lipinski definition) is 3. The van der Waals surface area contributed by atoms with Gasteiger partial charge in [-0.05, 0) is 19.8 Å². The summed E-state index contributed by atoms with van der Waals surface area (Å²) in [4.78, 5) is 0. The lowest BCUT2D eigenvalue weighted by Gasteiger charge is -1.99.